The molecule has 0 radical (unpaired) electrons. The molecule has 2 aliphatic heterocycles. The summed E-state index contributed by atoms with van der Waals surface area (Å²) in [5.74, 6) is -7.43. The highest BCUT2D eigenvalue weighted by atomic mass is 79.9. The zero-order chi connectivity index (χ0) is 55.6. The van der Waals surface area contributed by atoms with Crippen molar-refractivity contribution in [2.75, 3.05) is 13.2 Å². The molecule has 2 heterocycles. The zero-order valence-corrected chi connectivity index (χ0v) is 54.7. The molecule has 0 unspecified atom stereocenters. The lowest BCUT2D eigenvalue weighted by molar-refractivity contribution is -0.378. The lowest BCUT2D eigenvalue weighted by Gasteiger charge is -2.49. The van der Waals surface area contributed by atoms with Crippen LogP contribution >= 0.6 is 127 Å². The number of ether oxygens (including phenoxy) is 11. The first-order chi connectivity index (χ1) is 31.6. The maximum absolute atomic E-state index is 14.0. The van der Waals surface area contributed by atoms with Crippen molar-refractivity contribution < 1.29 is 90.5 Å². The predicted octanol–water partition coefficient (Wildman–Crippen LogP) is 8.40. The highest BCUT2D eigenvalue weighted by Gasteiger charge is 2.60. The van der Waals surface area contributed by atoms with Gasteiger partial charge in [-0.25, -0.2) is 0 Å². The molecule has 71 heavy (non-hydrogen) atoms. The molecule has 0 aromatic carbocycles. The molecule has 0 aliphatic carbocycles. The summed E-state index contributed by atoms with van der Waals surface area (Å²) >= 11 is 26.2. The summed E-state index contributed by atoms with van der Waals surface area (Å²) in [6.07, 6.45) is -18.6. The molecule has 0 N–H and O–H groups in total. The molecule has 0 amide bonds. The molecular weight excluding hydrogens is 1470 g/mol. The van der Waals surface area contributed by atoms with Crippen molar-refractivity contribution in [2.45, 2.75) is 207 Å². The van der Waals surface area contributed by atoms with E-state index in [1.54, 1.807) is 0 Å². The van der Waals surface area contributed by atoms with Crippen LogP contribution in [0, 0.1) is 0 Å². The third kappa shape index (κ3) is 20.1. The third-order valence-corrected chi connectivity index (χ3v) is 12.1. The molecule has 0 aromatic rings. The van der Waals surface area contributed by atoms with E-state index in [4.69, 9.17) is 52.1 Å². The van der Waals surface area contributed by atoms with Crippen LogP contribution in [0.3, 0.4) is 0 Å². The van der Waals surface area contributed by atoms with Crippen molar-refractivity contribution in [3.8, 4) is 0 Å². The predicted molar refractivity (Wildman–Crippen MR) is 284 cm³/mol. The Morgan fingerprint density at radius 3 is 0.690 bits per heavy atom. The van der Waals surface area contributed by atoms with Gasteiger partial charge in [0, 0.05) is 0 Å². The van der Waals surface area contributed by atoms with E-state index in [0.29, 0.717) is 0 Å². The molecule has 27 heteroatoms. The number of carbonyl (C=O) groups excluding carboxylic acids is 8. The fourth-order valence-electron chi connectivity index (χ4n) is 5.42. The van der Waals surface area contributed by atoms with Gasteiger partial charge in [0.15, 0.2) is 36.6 Å². The largest absolute Gasteiger partial charge is 0.462 e. The van der Waals surface area contributed by atoms with Gasteiger partial charge in [0.05, 0.1) is 0 Å². The smallest absolute Gasteiger partial charge is 0.322 e. The van der Waals surface area contributed by atoms with Gasteiger partial charge in [-0.1, -0.05) is 127 Å². The number of esters is 8. The van der Waals surface area contributed by atoms with Crippen LogP contribution in [-0.2, 0) is 90.5 Å². The minimum Gasteiger partial charge on any atom is -0.462 e. The molecule has 0 aromatic heterocycles. The van der Waals surface area contributed by atoms with E-state index in [2.05, 4.69) is 127 Å². The van der Waals surface area contributed by atoms with E-state index in [1.165, 1.54) is 111 Å². The van der Waals surface area contributed by atoms with Crippen LogP contribution in [0.15, 0.2) is 0 Å². The van der Waals surface area contributed by atoms with Gasteiger partial charge >= 0.3 is 47.8 Å². The summed E-state index contributed by atoms with van der Waals surface area (Å²) in [5, 5.41) is 0. The molecule has 408 valence electrons. The van der Waals surface area contributed by atoms with E-state index in [9.17, 15) is 38.4 Å². The number of halogens is 8. The minimum atomic E-state index is -2.06. The maximum Gasteiger partial charge on any atom is 0.322 e. The average Bonchev–Trinajstić information content (AvgIpc) is 3.16. The topological polar surface area (TPSA) is 238 Å². The molecule has 2 rings (SSSR count). The summed E-state index contributed by atoms with van der Waals surface area (Å²) in [6.45, 7) is 22.0. The summed E-state index contributed by atoms with van der Waals surface area (Å²) in [6, 6.07) is 0. The Morgan fingerprint density at radius 2 is 0.493 bits per heavy atom. The Hall–Kier alpha value is -0.520. The van der Waals surface area contributed by atoms with E-state index in [1.807, 2.05) is 0 Å². The Labute approximate surface area is 481 Å². The third-order valence-electron chi connectivity index (χ3n) is 9.55. The number of carbonyl (C=O) groups is 8. The second kappa shape index (κ2) is 24.9. The van der Waals surface area contributed by atoms with Gasteiger partial charge in [-0.2, -0.15) is 0 Å². The van der Waals surface area contributed by atoms with Gasteiger partial charge < -0.3 is 52.1 Å². The van der Waals surface area contributed by atoms with Gasteiger partial charge in [-0.3, -0.25) is 38.4 Å². The molecular formula is C44H62Br8O19. The van der Waals surface area contributed by atoms with Crippen molar-refractivity contribution in [1.82, 2.24) is 0 Å². The molecule has 0 spiro atoms. The van der Waals surface area contributed by atoms with Gasteiger partial charge in [0.1, 0.15) is 60.0 Å². The lowest BCUT2D eigenvalue weighted by atomic mass is 9.96. The first kappa shape index (κ1) is 66.6. The van der Waals surface area contributed by atoms with Crippen LogP contribution in [0.5, 0.6) is 0 Å². The fourth-order valence-corrected chi connectivity index (χ4v) is 6.21. The zero-order valence-electron chi connectivity index (χ0n) is 42.0. The standard InChI is InChI=1S/C44H62Br8O19/c1-37(2,45)29(53)61-17-19-21(65-31(55)39(5,6)47)23(67-33(57)41(9,10)49)25(69-35(59)43(13,14)51)27(63-19)71-28-26(70-36(60)44(15,16)52)24(68-34(58)42(11,12)50)22(66-32(56)40(7,8)48)20(64-28)18-62-30(54)38(3,4)46/h19-28H,17-18H2,1-16H3/t19-,20-,21-,22-,23+,24+,25-,26-,27+,28+/m0/s1. The van der Waals surface area contributed by atoms with Gasteiger partial charge in [0.2, 0.25) is 12.6 Å². The van der Waals surface area contributed by atoms with Crippen LogP contribution < -0.4 is 0 Å². The van der Waals surface area contributed by atoms with Crippen molar-refractivity contribution in [3.05, 3.63) is 0 Å². The molecule has 2 aliphatic rings. The van der Waals surface area contributed by atoms with Crippen LogP contribution in [0.2, 0.25) is 0 Å². The molecule has 2 fully saturated rings. The van der Waals surface area contributed by atoms with Gasteiger partial charge in [0.25, 0.3) is 0 Å². The Balaban J connectivity index is 3.20. The van der Waals surface area contributed by atoms with E-state index in [0.717, 1.165) is 0 Å². The van der Waals surface area contributed by atoms with Crippen LogP contribution in [-0.4, -0.2) is 157 Å². The first-order valence-electron chi connectivity index (χ1n) is 21.7. The molecule has 10 atom stereocenters. The Bertz CT molecular complexity index is 1820. The molecule has 0 bridgehead atoms. The molecule has 2 saturated heterocycles. The molecule has 19 nitrogen and oxygen atoms in total. The van der Waals surface area contributed by atoms with Crippen molar-refractivity contribution >= 4 is 175 Å². The quantitative estimate of drug-likeness (QED) is 0.0631. The highest BCUT2D eigenvalue weighted by Crippen LogP contribution is 2.40. The minimum absolute atomic E-state index is 0.728. The van der Waals surface area contributed by atoms with E-state index in [-0.39, 0.29) is 0 Å². The van der Waals surface area contributed by atoms with Crippen molar-refractivity contribution in [3.63, 3.8) is 0 Å². The SMILES string of the molecule is CC(C)(Br)C(=O)OC[C@@H]1O[C@H](O[C@H]2O[C@@H](COC(=O)C(C)(C)Br)[C@H](OC(=O)C(C)(C)Br)[C@@H](OC(=O)C(C)(C)Br)[C@@H]2OC(=O)C(C)(C)Br)[C@@H](OC(=O)C(C)(C)Br)[C@H](OC(=O)C(C)(C)Br)[C@H]1OC(=O)C(C)(C)Br. The second-order valence-electron chi connectivity index (χ2n) is 20.4. The summed E-state index contributed by atoms with van der Waals surface area (Å²) in [5.41, 5.74) is 0. The first-order valence-corrected chi connectivity index (χ1v) is 28.0. The average molecular weight is 1530 g/mol. The summed E-state index contributed by atoms with van der Waals surface area (Å²) < 4.78 is 56.0. The van der Waals surface area contributed by atoms with E-state index >= 15 is 0 Å². The van der Waals surface area contributed by atoms with Crippen molar-refractivity contribution in [1.29, 1.82) is 0 Å². The fraction of sp³-hybridized carbons (Fsp3) is 0.818. The maximum atomic E-state index is 14.0. The van der Waals surface area contributed by atoms with Crippen LogP contribution in [0.4, 0.5) is 0 Å². The number of alkyl halides is 8. The van der Waals surface area contributed by atoms with Crippen LogP contribution in [0.1, 0.15) is 111 Å². The summed E-state index contributed by atoms with van der Waals surface area (Å²) in [4.78, 5) is 110. The highest BCUT2D eigenvalue weighted by molar-refractivity contribution is 9.11. The molecule has 0 saturated carbocycles. The van der Waals surface area contributed by atoms with Gasteiger partial charge in [-0.15, -0.1) is 0 Å². The second-order valence-corrected chi connectivity index (χ2v) is 36.3. The summed E-state index contributed by atoms with van der Waals surface area (Å²) in [7, 11) is 0. The van der Waals surface area contributed by atoms with Crippen molar-refractivity contribution in [2.24, 2.45) is 0 Å². The number of hydrogen-bond donors (Lipinski definition) is 0. The van der Waals surface area contributed by atoms with E-state index < -0.39 is 157 Å². The number of rotatable bonds is 20. The monoisotopic (exact) mass is 1530 g/mol. The number of hydrogen-bond acceptors (Lipinski definition) is 19. The lowest BCUT2D eigenvalue weighted by Crippen LogP contribution is -2.68. The normalized spacial score (nSPS) is 26.0. The van der Waals surface area contributed by atoms with Gasteiger partial charge in [-0.05, 0) is 111 Å². The Kier molecular flexibility index (Phi) is 23.3. The van der Waals surface area contributed by atoms with Crippen LogP contribution in [0.25, 0.3) is 0 Å². The Morgan fingerprint density at radius 1 is 0.310 bits per heavy atom.